The number of benzene rings is 2. The molecule has 0 bridgehead atoms. The number of hydrogen-bond acceptors (Lipinski definition) is 2. The molecule has 112 valence electrons. The quantitative estimate of drug-likeness (QED) is 0.790. The van der Waals surface area contributed by atoms with Crippen LogP contribution in [0.3, 0.4) is 0 Å². The summed E-state index contributed by atoms with van der Waals surface area (Å²) in [6, 6.07) is 17.3. The molecule has 4 nitrogen and oxygen atoms in total. The molecule has 0 unspecified atom stereocenters. The minimum absolute atomic E-state index is 0.100. The van der Waals surface area contributed by atoms with Crippen LogP contribution in [0.5, 0.6) is 0 Å². The molecule has 0 saturated carbocycles. The van der Waals surface area contributed by atoms with Crippen molar-refractivity contribution in [2.75, 3.05) is 0 Å². The lowest BCUT2D eigenvalue weighted by atomic mass is 10.2. The minimum Gasteiger partial charge on any atom is -0.312 e. The minimum atomic E-state index is -0.100. The summed E-state index contributed by atoms with van der Waals surface area (Å²) in [5, 5.41) is 9.12. The third-order valence-corrected chi connectivity index (χ3v) is 3.81. The molecule has 0 fully saturated rings. The Morgan fingerprint density at radius 2 is 1.64 bits per heavy atom. The van der Waals surface area contributed by atoms with Crippen LogP contribution in [0.15, 0.2) is 59.4 Å². The van der Waals surface area contributed by atoms with Gasteiger partial charge in [-0.2, -0.15) is 0 Å². The lowest BCUT2D eigenvalue weighted by Crippen LogP contribution is -2.40. The molecule has 0 aliphatic carbocycles. The van der Waals surface area contributed by atoms with E-state index in [0.29, 0.717) is 11.9 Å². The van der Waals surface area contributed by atoms with Gasteiger partial charge in [0, 0.05) is 6.54 Å². The second kappa shape index (κ2) is 6.02. The van der Waals surface area contributed by atoms with Gasteiger partial charge in [0.2, 0.25) is 5.62 Å². The van der Waals surface area contributed by atoms with Crippen LogP contribution in [-0.4, -0.2) is 9.13 Å². The molecule has 0 saturated heterocycles. The highest BCUT2D eigenvalue weighted by atomic mass is 16.1. The Morgan fingerprint density at radius 1 is 0.955 bits per heavy atom. The Kier molecular flexibility index (Phi) is 3.92. The summed E-state index contributed by atoms with van der Waals surface area (Å²) < 4.78 is 3.47. The predicted molar refractivity (Wildman–Crippen MR) is 87.9 cm³/mol. The van der Waals surface area contributed by atoms with Crippen molar-refractivity contribution < 1.29 is 0 Å². The molecule has 0 aliphatic heterocycles. The SMILES string of the molecule is CCCn1c(=N)n(Cc2ccccc2)c(=O)c2ccccc21. The fourth-order valence-electron chi connectivity index (χ4n) is 2.75. The molecular formula is C18H19N3O. The molecular weight excluding hydrogens is 274 g/mol. The topological polar surface area (TPSA) is 50.8 Å². The number of aromatic nitrogens is 2. The zero-order valence-electron chi connectivity index (χ0n) is 12.6. The fourth-order valence-corrected chi connectivity index (χ4v) is 2.75. The summed E-state index contributed by atoms with van der Waals surface area (Å²) in [7, 11) is 0. The van der Waals surface area contributed by atoms with E-state index in [2.05, 4.69) is 6.92 Å². The number of fused-ring (bicyclic) bond motifs is 1. The second-order valence-electron chi connectivity index (χ2n) is 5.37. The molecule has 22 heavy (non-hydrogen) atoms. The van der Waals surface area contributed by atoms with Gasteiger partial charge in [0.1, 0.15) is 0 Å². The van der Waals surface area contributed by atoms with Gasteiger partial charge >= 0.3 is 0 Å². The van der Waals surface area contributed by atoms with Crippen LogP contribution in [0.2, 0.25) is 0 Å². The van der Waals surface area contributed by atoms with E-state index in [1.54, 1.807) is 4.57 Å². The number of nitrogens with zero attached hydrogens (tertiary/aromatic N) is 2. The van der Waals surface area contributed by atoms with Gasteiger partial charge in [-0.3, -0.25) is 14.8 Å². The lowest BCUT2D eigenvalue weighted by molar-refractivity contribution is 0.567. The Labute approximate surface area is 128 Å². The first kappa shape index (κ1) is 14.3. The highest BCUT2D eigenvalue weighted by Crippen LogP contribution is 2.08. The van der Waals surface area contributed by atoms with Gasteiger partial charge in [-0.25, -0.2) is 0 Å². The second-order valence-corrected chi connectivity index (χ2v) is 5.37. The molecule has 0 atom stereocenters. The van der Waals surface area contributed by atoms with Crippen molar-refractivity contribution in [1.82, 2.24) is 9.13 Å². The average molecular weight is 293 g/mol. The number of para-hydroxylation sites is 1. The number of rotatable bonds is 4. The smallest absolute Gasteiger partial charge is 0.263 e. The Bertz CT molecular complexity index is 907. The first-order chi connectivity index (χ1) is 10.7. The molecule has 2 aromatic carbocycles. The molecule has 1 aromatic heterocycles. The summed E-state index contributed by atoms with van der Waals surface area (Å²) in [4.78, 5) is 12.7. The number of hydrogen-bond donors (Lipinski definition) is 1. The average Bonchev–Trinajstić information content (AvgIpc) is 2.56. The number of aryl methyl sites for hydroxylation is 1. The van der Waals surface area contributed by atoms with Gasteiger partial charge in [-0.1, -0.05) is 49.4 Å². The summed E-state index contributed by atoms with van der Waals surface area (Å²) >= 11 is 0. The van der Waals surface area contributed by atoms with Crippen LogP contribution in [-0.2, 0) is 13.1 Å². The van der Waals surface area contributed by atoms with E-state index in [0.717, 1.165) is 24.0 Å². The van der Waals surface area contributed by atoms with Gasteiger partial charge in [0.05, 0.1) is 17.4 Å². The lowest BCUT2D eigenvalue weighted by Gasteiger charge is -2.15. The highest BCUT2D eigenvalue weighted by molar-refractivity contribution is 5.77. The van der Waals surface area contributed by atoms with Gasteiger partial charge in [-0.15, -0.1) is 0 Å². The standard InChI is InChI=1S/C18H19N3O/c1-2-12-20-16-11-7-6-10-15(16)17(22)21(18(20)19)13-14-8-4-3-5-9-14/h3-11,19H,2,12-13H2,1H3. The Hall–Kier alpha value is -2.62. The van der Waals surface area contributed by atoms with E-state index in [1.165, 1.54) is 0 Å². The van der Waals surface area contributed by atoms with Crippen LogP contribution in [0, 0.1) is 5.41 Å². The largest absolute Gasteiger partial charge is 0.312 e. The summed E-state index contributed by atoms with van der Waals surface area (Å²) in [6.45, 7) is 3.23. The van der Waals surface area contributed by atoms with Gasteiger partial charge in [0.15, 0.2) is 0 Å². The fraction of sp³-hybridized carbons (Fsp3) is 0.222. The van der Waals surface area contributed by atoms with E-state index >= 15 is 0 Å². The maximum absolute atomic E-state index is 12.7. The molecule has 3 rings (SSSR count). The van der Waals surface area contributed by atoms with Crippen LogP contribution in [0.4, 0.5) is 0 Å². The Morgan fingerprint density at radius 3 is 2.36 bits per heavy atom. The van der Waals surface area contributed by atoms with Crippen molar-refractivity contribution in [3.05, 3.63) is 76.1 Å². The summed E-state index contributed by atoms with van der Waals surface area (Å²) in [6.07, 6.45) is 0.921. The normalized spacial score (nSPS) is 11.0. The van der Waals surface area contributed by atoms with Crippen LogP contribution >= 0.6 is 0 Å². The molecule has 1 heterocycles. The predicted octanol–water partition coefficient (Wildman–Crippen LogP) is 2.74. The maximum Gasteiger partial charge on any atom is 0.263 e. The maximum atomic E-state index is 12.7. The van der Waals surface area contributed by atoms with Gasteiger partial charge in [-0.05, 0) is 24.1 Å². The molecule has 0 spiro atoms. The molecule has 0 radical (unpaired) electrons. The first-order valence-corrected chi connectivity index (χ1v) is 7.53. The van der Waals surface area contributed by atoms with E-state index < -0.39 is 0 Å². The van der Waals surface area contributed by atoms with Gasteiger partial charge < -0.3 is 4.57 Å². The molecule has 1 N–H and O–H groups in total. The van der Waals surface area contributed by atoms with Crippen molar-refractivity contribution >= 4 is 10.9 Å². The first-order valence-electron chi connectivity index (χ1n) is 7.53. The monoisotopic (exact) mass is 293 g/mol. The summed E-state index contributed by atoms with van der Waals surface area (Å²) in [5.74, 6) is 0. The number of nitrogens with one attached hydrogen (secondary N) is 1. The Balaban J connectivity index is 2.26. The summed E-state index contributed by atoms with van der Waals surface area (Å²) in [5.41, 5.74) is 2.02. The van der Waals surface area contributed by atoms with E-state index in [9.17, 15) is 4.79 Å². The molecule has 3 aromatic rings. The third kappa shape index (κ3) is 2.48. The van der Waals surface area contributed by atoms with E-state index in [4.69, 9.17) is 5.41 Å². The van der Waals surface area contributed by atoms with E-state index in [-0.39, 0.29) is 11.2 Å². The molecule has 0 amide bonds. The van der Waals surface area contributed by atoms with Crippen molar-refractivity contribution in [3.63, 3.8) is 0 Å². The molecule has 4 heteroatoms. The zero-order valence-corrected chi connectivity index (χ0v) is 12.6. The van der Waals surface area contributed by atoms with Crippen molar-refractivity contribution in [2.45, 2.75) is 26.4 Å². The van der Waals surface area contributed by atoms with Crippen LogP contribution in [0.1, 0.15) is 18.9 Å². The van der Waals surface area contributed by atoms with Crippen molar-refractivity contribution in [3.8, 4) is 0 Å². The van der Waals surface area contributed by atoms with Crippen LogP contribution < -0.4 is 11.2 Å². The third-order valence-electron chi connectivity index (χ3n) is 3.81. The van der Waals surface area contributed by atoms with Gasteiger partial charge in [0.25, 0.3) is 5.56 Å². The highest BCUT2D eigenvalue weighted by Gasteiger charge is 2.10. The van der Waals surface area contributed by atoms with E-state index in [1.807, 2.05) is 59.2 Å². The van der Waals surface area contributed by atoms with Crippen LogP contribution in [0.25, 0.3) is 10.9 Å². The molecule has 0 aliphatic rings. The van der Waals surface area contributed by atoms with Crippen molar-refractivity contribution in [2.24, 2.45) is 0 Å². The van der Waals surface area contributed by atoms with Crippen molar-refractivity contribution in [1.29, 1.82) is 5.41 Å². The zero-order chi connectivity index (χ0) is 15.5.